The van der Waals surface area contributed by atoms with Crippen LogP contribution in [0.15, 0.2) is 5.18 Å². The van der Waals surface area contributed by atoms with Crippen molar-refractivity contribution in [1.82, 2.24) is 4.90 Å². The van der Waals surface area contributed by atoms with Crippen molar-refractivity contribution in [2.45, 2.75) is 50.3 Å². The number of hydrogen-bond donors (Lipinski definition) is 2. The quantitative estimate of drug-likeness (QED) is 0.311. The standard InChI is InChI=1S/C15H24N2O8/c1-17(11(14(21)22)4-2-3-5-12(18)19)10-13(20)25-15(16-23)6-8-24-9-7-15/h11H,2-10H2,1H3,(H,18,19)(H,21,22). The summed E-state index contributed by atoms with van der Waals surface area (Å²) in [4.78, 5) is 46.2. The minimum Gasteiger partial charge on any atom is -0.481 e. The summed E-state index contributed by atoms with van der Waals surface area (Å²) in [6, 6.07) is -0.948. The van der Waals surface area contributed by atoms with Gasteiger partial charge in [0, 0.05) is 19.3 Å². The SMILES string of the molecule is CN(CC(=O)OC1(N=O)CCOCC1)C(CCCCC(=O)O)C(=O)O. The molecule has 1 atom stereocenters. The predicted octanol–water partition coefficient (Wildman–Crippen LogP) is 0.833. The molecule has 10 heteroatoms. The van der Waals surface area contributed by atoms with Crippen LogP contribution in [-0.4, -0.2) is 71.6 Å². The van der Waals surface area contributed by atoms with E-state index in [4.69, 9.17) is 14.6 Å². The van der Waals surface area contributed by atoms with Gasteiger partial charge < -0.3 is 19.7 Å². The molecule has 0 spiro atoms. The Labute approximate surface area is 145 Å². The molecule has 0 bridgehead atoms. The minimum atomic E-state index is -1.45. The number of carboxylic acid groups (broad SMARTS) is 2. The van der Waals surface area contributed by atoms with Crippen LogP contribution < -0.4 is 0 Å². The Morgan fingerprint density at radius 1 is 1.24 bits per heavy atom. The zero-order valence-electron chi connectivity index (χ0n) is 14.2. The van der Waals surface area contributed by atoms with Gasteiger partial charge in [0.1, 0.15) is 6.04 Å². The normalized spacial score (nSPS) is 17.7. The van der Waals surface area contributed by atoms with Gasteiger partial charge in [-0.1, -0.05) is 6.42 Å². The molecule has 1 saturated heterocycles. The highest BCUT2D eigenvalue weighted by Gasteiger charge is 2.38. The molecule has 0 saturated carbocycles. The molecule has 0 aromatic heterocycles. The third-order valence-corrected chi connectivity index (χ3v) is 4.06. The summed E-state index contributed by atoms with van der Waals surface area (Å²) >= 11 is 0. The van der Waals surface area contributed by atoms with Crippen molar-refractivity contribution in [3.05, 3.63) is 4.91 Å². The fraction of sp³-hybridized carbons (Fsp3) is 0.800. The van der Waals surface area contributed by atoms with E-state index < -0.39 is 29.7 Å². The molecule has 1 aliphatic heterocycles. The van der Waals surface area contributed by atoms with Crippen LogP contribution in [0, 0.1) is 4.91 Å². The molecular formula is C15H24N2O8. The number of nitrogens with zero attached hydrogens (tertiary/aromatic N) is 2. The Hall–Kier alpha value is -2.07. The van der Waals surface area contributed by atoms with Gasteiger partial charge in [0.2, 0.25) is 5.72 Å². The number of likely N-dealkylation sites (N-methyl/N-ethyl adjacent to an activating group) is 1. The number of aliphatic carboxylic acids is 2. The molecule has 1 unspecified atom stereocenters. The highest BCUT2D eigenvalue weighted by atomic mass is 16.6. The van der Waals surface area contributed by atoms with Gasteiger partial charge in [-0.25, -0.2) is 0 Å². The molecule has 1 fully saturated rings. The van der Waals surface area contributed by atoms with Gasteiger partial charge >= 0.3 is 17.9 Å². The van der Waals surface area contributed by atoms with Gasteiger partial charge in [-0.3, -0.25) is 19.3 Å². The van der Waals surface area contributed by atoms with Gasteiger partial charge in [0.05, 0.1) is 19.8 Å². The van der Waals surface area contributed by atoms with Crippen molar-refractivity contribution < 1.29 is 34.1 Å². The number of unbranched alkanes of at least 4 members (excludes halogenated alkanes) is 1. The van der Waals surface area contributed by atoms with E-state index in [9.17, 15) is 24.4 Å². The van der Waals surface area contributed by atoms with E-state index >= 15 is 0 Å². The molecule has 1 aliphatic rings. The summed E-state index contributed by atoms with van der Waals surface area (Å²) in [5, 5.41) is 20.8. The Kier molecular flexibility index (Phi) is 8.42. The van der Waals surface area contributed by atoms with Crippen molar-refractivity contribution in [2.75, 3.05) is 26.8 Å². The summed E-state index contributed by atoms with van der Waals surface area (Å²) in [6.07, 6.45) is 1.27. The van der Waals surface area contributed by atoms with Crippen LogP contribution in [0.4, 0.5) is 0 Å². The average molecular weight is 360 g/mol. The minimum absolute atomic E-state index is 0.0340. The number of esters is 1. The number of carbonyl (C=O) groups excluding carboxylic acids is 1. The van der Waals surface area contributed by atoms with Crippen molar-refractivity contribution >= 4 is 17.9 Å². The maximum Gasteiger partial charge on any atom is 0.322 e. The number of rotatable bonds is 11. The third-order valence-electron chi connectivity index (χ3n) is 4.06. The topological polar surface area (TPSA) is 143 Å². The number of carbonyl (C=O) groups is 3. The second-order valence-corrected chi connectivity index (χ2v) is 6.03. The summed E-state index contributed by atoms with van der Waals surface area (Å²) in [6.45, 7) is 0.209. The smallest absolute Gasteiger partial charge is 0.322 e. The van der Waals surface area contributed by atoms with Crippen LogP contribution in [-0.2, 0) is 23.9 Å². The zero-order valence-corrected chi connectivity index (χ0v) is 14.2. The molecule has 0 aliphatic carbocycles. The van der Waals surface area contributed by atoms with Gasteiger partial charge in [0.25, 0.3) is 0 Å². The van der Waals surface area contributed by atoms with Gasteiger partial charge in [-0.2, -0.15) is 0 Å². The third kappa shape index (κ3) is 7.14. The van der Waals surface area contributed by atoms with Crippen LogP contribution in [0.5, 0.6) is 0 Å². The molecule has 25 heavy (non-hydrogen) atoms. The number of carboxylic acids is 2. The molecule has 142 valence electrons. The first-order valence-corrected chi connectivity index (χ1v) is 8.08. The van der Waals surface area contributed by atoms with Crippen molar-refractivity contribution in [3.8, 4) is 0 Å². The average Bonchev–Trinajstić information content (AvgIpc) is 2.54. The van der Waals surface area contributed by atoms with Gasteiger partial charge in [0.15, 0.2) is 0 Å². The largest absolute Gasteiger partial charge is 0.481 e. The lowest BCUT2D eigenvalue weighted by Crippen LogP contribution is -2.45. The Balaban J connectivity index is 2.52. The van der Waals surface area contributed by atoms with Gasteiger partial charge in [-0.15, -0.1) is 4.91 Å². The number of nitroso groups, excluding NO2 is 1. The number of ether oxygens (including phenoxy) is 2. The van der Waals surface area contributed by atoms with Crippen LogP contribution in [0.1, 0.15) is 38.5 Å². The Morgan fingerprint density at radius 2 is 1.88 bits per heavy atom. The van der Waals surface area contributed by atoms with Gasteiger partial charge in [-0.05, 0) is 25.1 Å². The second kappa shape index (κ2) is 10.0. The maximum atomic E-state index is 12.1. The molecule has 0 amide bonds. The van der Waals surface area contributed by atoms with Crippen LogP contribution in [0.25, 0.3) is 0 Å². The van der Waals surface area contributed by atoms with E-state index in [1.54, 1.807) is 0 Å². The lowest BCUT2D eigenvalue weighted by molar-refractivity contribution is -0.170. The second-order valence-electron chi connectivity index (χ2n) is 6.03. The van der Waals surface area contributed by atoms with E-state index in [2.05, 4.69) is 5.18 Å². The predicted molar refractivity (Wildman–Crippen MR) is 84.8 cm³/mol. The summed E-state index contributed by atoms with van der Waals surface area (Å²) in [5.74, 6) is -2.78. The van der Waals surface area contributed by atoms with E-state index in [0.29, 0.717) is 12.8 Å². The molecule has 0 aromatic carbocycles. The van der Waals surface area contributed by atoms with Crippen molar-refractivity contribution in [2.24, 2.45) is 5.18 Å². The Bertz CT molecular complexity index is 490. The first-order chi connectivity index (χ1) is 11.8. The van der Waals surface area contributed by atoms with Crippen LogP contribution in [0.3, 0.4) is 0 Å². The fourth-order valence-electron chi connectivity index (χ4n) is 2.61. The lowest BCUT2D eigenvalue weighted by atomic mass is 10.1. The summed E-state index contributed by atoms with van der Waals surface area (Å²) < 4.78 is 10.3. The zero-order chi connectivity index (χ0) is 18.9. The molecule has 2 N–H and O–H groups in total. The first kappa shape index (κ1) is 21.0. The highest BCUT2D eigenvalue weighted by molar-refractivity contribution is 5.76. The Morgan fingerprint density at radius 3 is 2.40 bits per heavy atom. The van der Waals surface area contributed by atoms with E-state index in [1.807, 2.05) is 0 Å². The first-order valence-electron chi connectivity index (χ1n) is 8.08. The fourth-order valence-corrected chi connectivity index (χ4v) is 2.61. The van der Waals surface area contributed by atoms with E-state index in [1.165, 1.54) is 11.9 Å². The lowest BCUT2D eigenvalue weighted by Gasteiger charge is -2.31. The maximum absolute atomic E-state index is 12.1. The summed E-state index contributed by atoms with van der Waals surface area (Å²) in [7, 11) is 1.46. The molecule has 0 radical (unpaired) electrons. The molecule has 1 rings (SSSR count). The van der Waals surface area contributed by atoms with Crippen LogP contribution >= 0.6 is 0 Å². The number of hydrogen-bond acceptors (Lipinski definition) is 8. The van der Waals surface area contributed by atoms with Crippen molar-refractivity contribution in [3.63, 3.8) is 0 Å². The highest BCUT2D eigenvalue weighted by Crippen LogP contribution is 2.26. The molecule has 10 nitrogen and oxygen atoms in total. The monoisotopic (exact) mass is 360 g/mol. The van der Waals surface area contributed by atoms with Crippen molar-refractivity contribution in [1.29, 1.82) is 0 Å². The van der Waals surface area contributed by atoms with Crippen LogP contribution in [0.2, 0.25) is 0 Å². The summed E-state index contributed by atoms with van der Waals surface area (Å²) in [5.41, 5.74) is -1.45. The molecule has 0 aromatic rings. The molecule has 1 heterocycles. The van der Waals surface area contributed by atoms with E-state index in [0.717, 1.165) is 0 Å². The van der Waals surface area contributed by atoms with E-state index in [-0.39, 0.29) is 45.4 Å². The molecular weight excluding hydrogens is 336 g/mol.